The van der Waals surface area contributed by atoms with Gasteiger partial charge in [0, 0.05) is 11.3 Å². The summed E-state index contributed by atoms with van der Waals surface area (Å²) in [5.74, 6) is -0.488. The lowest BCUT2D eigenvalue weighted by Gasteiger charge is -2.05. The SMILES string of the molecule is Cc1ccc(NC(=O)/C(C#N)=C\c2ccccc2O)cc1. The Bertz CT molecular complexity index is 725. The number of hydrogen-bond donors (Lipinski definition) is 2. The summed E-state index contributed by atoms with van der Waals surface area (Å²) < 4.78 is 0. The number of aryl methyl sites for hydroxylation is 1. The molecule has 0 fully saturated rings. The van der Waals surface area contributed by atoms with E-state index in [4.69, 9.17) is 5.26 Å². The first-order valence-electron chi connectivity index (χ1n) is 6.38. The molecule has 1 amide bonds. The molecule has 0 bridgehead atoms. The van der Waals surface area contributed by atoms with E-state index in [-0.39, 0.29) is 11.3 Å². The molecule has 0 aliphatic heterocycles. The number of anilines is 1. The maximum atomic E-state index is 12.1. The van der Waals surface area contributed by atoms with Gasteiger partial charge in [-0.05, 0) is 31.2 Å². The van der Waals surface area contributed by atoms with Gasteiger partial charge in [0.25, 0.3) is 5.91 Å². The van der Waals surface area contributed by atoms with Crippen molar-refractivity contribution in [3.8, 4) is 11.8 Å². The third-order valence-electron chi connectivity index (χ3n) is 2.91. The molecule has 4 nitrogen and oxygen atoms in total. The molecule has 0 atom stereocenters. The van der Waals surface area contributed by atoms with E-state index in [2.05, 4.69) is 5.32 Å². The van der Waals surface area contributed by atoms with Crippen molar-refractivity contribution in [2.75, 3.05) is 5.32 Å². The Morgan fingerprint density at radius 2 is 1.86 bits per heavy atom. The van der Waals surface area contributed by atoms with Crippen LogP contribution in [0.5, 0.6) is 5.75 Å². The number of para-hydroxylation sites is 1. The van der Waals surface area contributed by atoms with Crippen molar-refractivity contribution in [3.05, 3.63) is 65.2 Å². The second-order valence-corrected chi connectivity index (χ2v) is 4.55. The Balaban J connectivity index is 2.22. The van der Waals surface area contributed by atoms with Crippen LogP contribution in [0.15, 0.2) is 54.1 Å². The number of phenolic OH excluding ortho intramolecular Hbond substituents is 1. The largest absolute Gasteiger partial charge is 0.507 e. The lowest BCUT2D eigenvalue weighted by atomic mass is 10.1. The van der Waals surface area contributed by atoms with Crippen LogP contribution in [0.2, 0.25) is 0 Å². The topological polar surface area (TPSA) is 73.1 Å². The number of nitrogens with one attached hydrogen (secondary N) is 1. The van der Waals surface area contributed by atoms with E-state index in [1.165, 1.54) is 12.1 Å². The highest BCUT2D eigenvalue weighted by Gasteiger charge is 2.10. The molecule has 2 rings (SSSR count). The number of nitriles is 1. The van der Waals surface area contributed by atoms with Gasteiger partial charge in [-0.15, -0.1) is 0 Å². The van der Waals surface area contributed by atoms with Crippen LogP contribution in [0.3, 0.4) is 0 Å². The summed E-state index contributed by atoms with van der Waals surface area (Å²) in [6.07, 6.45) is 1.36. The minimum Gasteiger partial charge on any atom is -0.507 e. The van der Waals surface area contributed by atoms with Crippen molar-refractivity contribution < 1.29 is 9.90 Å². The van der Waals surface area contributed by atoms with E-state index in [0.717, 1.165) is 5.56 Å². The van der Waals surface area contributed by atoms with Gasteiger partial charge >= 0.3 is 0 Å². The average Bonchev–Trinajstić information content (AvgIpc) is 2.48. The molecule has 2 N–H and O–H groups in total. The van der Waals surface area contributed by atoms with Gasteiger partial charge in [0.15, 0.2) is 0 Å². The first-order chi connectivity index (χ1) is 10.1. The first-order valence-corrected chi connectivity index (χ1v) is 6.38. The number of carbonyl (C=O) groups is 1. The number of benzene rings is 2. The zero-order valence-corrected chi connectivity index (χ0v) is 11.5. The summed E-state index contributed by atoms with van der Waals surface area (Å²) in [5.41, 5.74) is 2.05. The standard InChI is InChI=1S/C17H14N2O2/c1-12-6-8-15(9-7-12)19-17(21)14(11-18)10-13-4-2-3-5-16(13)20/h2-10,20H,1H3,(H,19,21)/b14-10-. The Morgan fingerprint density at radius 1 is 1.19 bits per heavy atom. The third-order valence-corrected chi connectivity index (χ3v) is 2.91. The van der Waals surface area contributed by atoms with Gasteiger partial charge in [0.1, 0.15) is 17.4 Å². The van der Waals surface area contributed by atoms with Crippen LogP contribution >= 0.6 is 0 Å². The Morgan fingerprint density at radius 3 is 2.48 bits per heavy atom. The van der Waals surface area contributed by atoms with Crippen LogP contribution in [-0.4, -0.2) is 11.0 Å². The number of phenols is 1. The van der Waals surface area contributed by atoms with Crippen LogP contribution in [0.25, 0.3) is 6.08 Å². The number of carbonyl (C=O) groups excluding carboxylic acids is 1. The fourth-order valence-electron chi connectivity index (χ4n) is 1.75. The van der Waals surface area contributed by atoms with E-state index in [1.54, 1.807) is 30.3 Å². The molecule has 0 radical (unpaired) electrons. The molecular formula is C17H14N2O2. The van der Waals surface area contributed by atoms with E-state index < -0.39 is 5.91 Å². The van der Waals surface area contributed by atoms with Crippen LogP contribution in [0.1, 0.15) is 11.1 Å². The first kappa shape index (κ1) is 14.4. The van der Waals surface area contributed by atoms with Crippen molar-refractivity contribution in [2.45, 2.75) is 6.92 Å². The van der Waals surface area contributed by atoms with E-state index >= 15 is 0 Å². The van der Waals surface area contributed by atoms with Gasteiger partial charge < -0.3 is 10.4 Å². The summed E-state index contributed by atoms with van der Waals surface area (Å²) in [6, 6.07) is 15.6. The van der Waals surface area contributed by atoms with Crippen LogP contribution in [-0.2, 0) is 4.79 Å². The summed E-state index contributed by atoms with van der Waals surface area (Å²) >= 11 is 0. The fraction of sp³-hybridized carbons (Fsp3) is 0.0588. The minimum atomic E-state index is -0.510. The molecule has 0 aromatic heterocycles. The second-order valence-electron chi connectivity index (χ2n) is 4.55. The highest BCUT2D eigenvalue weighted by molar-refractivity contribution is 6.09. The molecule has 4 heteroatoms. The highest BCUT2D eigenvalue weighted by atomic mass is 16.3. The van der Waals surface area contributed by atoms with Gasteiger partial charge in [-0.25, -0.2) is 0 Å². The van der Waals surface area contributed by atoms with E-state index in [1.807, 2.05) is 25.1 Å². The second kappa shape index (κ2) is 6.40. The molecule has 0 spiro atoms. The zero-order valence-electron chi connectivity index (χ0n) is 11.5. The fourth-order valence-corrected chi connectivity index (χ4v) is 1.75. The maximum absolute atomic E-state index is 12.1. The van der Waals surface area contributed by atoms with Crippen molar-refractivity contribution >= 4 is 17.7 Å². The summed E-state index contributed by atoms with van der Waals surface area (Å²) in [6.45, 7) is 1.95. The molecule has 0 saturated heterocycles. The van der Waals surface area contributed by atoms with Crippen molar-refractivity contribution in [1.29, 1.82) is 5.26 Å². The van der Waals surface area contributed by atoms with Crippen LogP contribution < -0.4 is 5.32 Å². The molecule has 0 aliphatic rings. The molecule has 0 heterocycles. The monoisotopic (exact) mass is 278 g/mol. The van der Waals surface area contributed by atoms with Crippen molar-refractivity contribution in [1.82, 2.24) is 0 Å². The average molecular weight is 278 g/mol. The smallest absolute Gasteiger partial charge is 0.266 e. The molecular weight excluding hydrogens is 264 g/mol. The molecule has 2 aromatic rings. The number of aromatic hydroxyl groups is 1. The van der Waals surface area contributed by atoms with Crippen molar-refractivity contribution in [3.63, 3.8) is 0 Å². The Labute approximate surface area is 123 Å². The van der Waals surface area contributed by atoms with E-state index in [0.29, 0.717) is 11.3 Å². The quantitative estimate of drug-likeness (QED) is 0.668. The molecule has 104 valence electrons. The zero-order chi connectivity index (χ0) is 15.2. The van der Waals surface area contributed by atoms with Crippen LogP contribution in [0, 0.1) is 18.3 Å². The summed E-state index contributed by atoms with van der Waals surface area (Å²) in [5, 5.41) is 21.4. The molecule has 0 saturated carbocycles. The molecule has 0 aliphatic carbocycles. The minimum absolute atomic E-state index is 0.0217. The lowest BCUT2D eigenvalue weighted by Crippen LogP contribution is -2.13. The molecule has 2 aromatic carbocycles. The van der Waals surface area contributed by atoms with Gasteiger partial charge in [0.2, 0.25) is 0 Å². The van der Waals surface area contributed by atoms with Crippen LogP contribution in [0.4, 0.5) is 5.69 Å². The lowest BCUT2D eigenvalue weighted by molar-refractivity contribution is -0.112. The number of amides is 1. The number of nitrogens with zero attached hydrogens (tertiary/aromatic N) is 1. The third kappa shape index (κ3) is 3.71. The van der Waals surface area contributed by atoms with Gasteiger partial charge in [-0.1, -0.05) is 35.9 Å². The molecule has 21 heavy (non-hydrogen) atoms. The molecule has 0 unspecified atom stereocenters. The Kier molecular flexibility index (Phi) is 4.37. The maximum Gasteiger partial charge on any atom is 0.266 e. The van der Waals surface area contributed by atoms with Gasteiger partial charge in [0.05, 0.1) is 0 Å². The number of rotatable bonds is 3. The van der Waals surface area contributed by atoms with Gasteiger partial charge in [-0.3, -0.25) is 4.79 Å². The Hall–Kier alpha value is -3.06. The predicted molar refractivity (Wildman–Crippen MR) is 81.5 cm³/mol. The normalized spacial score (nSPS) is 10.8. The summed E-state index contributed by atoms with van der Waals surface area (Å²) in [4.78, 5) is 12.1. The number of hydrogen-bond acceptors (Lipinski definition) is 3. The summed E-state index contributed by atoms with van der Waals surface area (Å²) in [7, 11) is 0. The highest BCUT2D eigenvalue weighted by Crippen LogP contribution is 2.19. The van der Waals surface area contributed by atoms with Gasteiger partial charge in [-0.2, -0.15) is 5.26 Å². The predicted octanol–water partition coefficient (Wildman–Crippen LogP) is 3.25. The van der Waals surface area contributed by atoms with E-state index in [9.17, 15) is 9.90 Å². The van der Waals surface area contributed by atoms with Crippen molar-refractivity contribution in [2.24, 2.45) is 0 Å².